The number of benzene rings is 2. The lowest BCUT2D eigenvalue weighted by atomic mass is 9.96. The van der Waals surface area contributed by atoms with Gasteiger partial charge in [0.15, 0.2) is 0 Å². The summed E-state index contributed by atoms with van der Waals surface area (Å²) in [6.07, 6.45) is 2.51. The van der Waals surface area contributed by atoms with Crippen molar-refractivity contribution < 1.29 is 4.74 Å². The van der Waals surface area contributed by atoms with E-state index in [1.807, 2.05) is 0 Å². The van der Waals surface area contributed by atoms with Gasteiger partial charge < -0.3 is 10.5 Å². The van der Waals surface area contributed by atoms with Gasteiger partial charge in [0.2, 0.25) is 0 Å². The Kier molecular flexibility index (Phi) is 4.13. The van der Waals surface area contributed by atoms with E-state index in [4.69, 9.17) is 10.5 Å². The summed E-state index contributed by atoms with van der Waals surface area (Å²) in [5, 5.41) is 2.50. The molecule has 1 aliphatic rings. The van der Waals surface area contributed by atoms with Crippen LogP contribution in [0, 0.1) is 0 Å². The van der Waals surface area contributed by atoms with Gasteiger partial charge in [-0.1, -0.05) is 30.3 Å². The number of fused-ring (bicyclic) bond motifs is 1. The van der Waals surface area contributed by atoms with Crippen LogP contribution < -0.4 is 10.5 Å². The summed E-state index contributed by atoms with van der Waals surface area (Å²) >= 11 is 0. The summed E-state index contributed by atoms with van der Waals surface area (Å²) in [5.74, 6) is 0.947. The third kappa shape index (κ3) is 2.52. The number of nitrogens with two attached hydrogens (primary N) is 1. The number of rotatable bonds is 4. The Hall–Kier alpha value is -1.58. The second-order valence-corrected chi connectivity index (χ2v) is 5.88. The minimum absolute atomic E-state index is 0.226. The first-order valence-electron chi connectivity index (χ1n) is 7.77. The molecule has 2 aromatic rings. The van der Waals surface area contributed by atoms with Crippen molar-refractivity contribution in [1.82, 2.24) is 4.90 Å². The average Bonchev–Trinajstić information content (AvgIpc) is 2.94. The first-order chi connectivity index (χ1) is 10.3. The van der Waals surface area contributed by atoms with Crippen molar-refractivity contribution in [2.24, 2.45) is 5.73 Å². The Morgan fingerprint density at radius 1 is 1.29 bits per heavy atom. The highest BCUT2D eigenvalue weighted by atomic mass is 16.5. The standard InChI is InChI=1S/C18H24N2O/c1-13-6-5-11-20(13)16(12-19)18-15-8-4-3-7-14(15)9-10-17(18)21-2/h3-4,7-10,13,16H,5-6,11-12,19H2,1-2H3. The maximum absolute atomic E-state index is 6.16. The molecule has 2 unspecified atom stereocenters. The Balaban J connectivity index is 2.15. The lowest BCUT2D eigenvalue weighted by molar-refractivity contribution is 0.193. The molecular weight excluding hydrogens is 260 g/mol. The van der Waals surface area contributed by atoms with Crippen molar-refractivity contribution >= 4 is 10.8 Å². The van der Waals surface area contributed by atoms with Gasteiger partial charge in [0, 0.05) is 18.2 Å². The second kappa shape index (κ2) is 6.04. The number of likely N-dealkylation sites (tertiary alicyclic amines) is 1. The van der Waals surface area contributed by atoms with Gasteiger partial charge >= 0.3 is 0 Å². The lowest BCUT2D eigenvalue weighted by Crippen LogP contribution is -2.36. The molecule has 1 aliphatic heterocycles. The summed E-state index contributed by atoms with van der Waals surface area (Å²) in [5.41, 5.74) is 7.41. The van der Waals surface area contributed by atoms with Crippen LogP contribution in [0.15, 0.2) is 36.4 Å². The Morgan fingerprint density at radius 3 is 2.76 bits per heavy atom. The molecule has 1 saturated heterocycles. The first-order valence-corrected chi connectivity index (χ1v) is 7.77. The molecule has 21 heavy (non-hydrogen) atoms. The minimum Gasteiger partial charge on any atom is -0.496 e. The van der Waals surface area contributed by atoms with E-state index in [0.717, 1.165) is 12.3 Å². The molecule has 1 fully saturated rings. The molecule has 0 radical (unpaired) electrons. The van der Waals surface area contributed by atoms with Crippen molar-refractivity contribution in [2.75, 3.05) is 20.2 Å². The number of methoxy groups -OCH3 is 1. The molecule has 3 rings (SSSR count). The van der Waals surface area contributed by atoms with Gasteiger partial charge in [-0.15, -0.1) is 0 Å². The van der Waals surface area contributed by atoms with E-state index >= 15 is 0 Å². The summed E-state index contributed by atoms with van der Waals surface area (Å²) in [7, 11) is 1.74. The number of hydrogen-bond donors (Lipinski definition) is 1. The zero-order valence-electron chi connectivity index (χ0n) is 12.9. The molecule has 0 spiro atoms. The fraction of sp³-hybridized carbons (Fsp3) is 0.444. The summed E-state index contributed by atoms with van der Waals surface area (Å²) < 4.78 is 5.65. The molecule has 3 heteroatoms. The van der Waals surface area contributed by atoms with Crippen LogP contribution in [0.5, 0.6) is 5.75 Å². The van der Waals surface area contributed by atoms with Gasteiger partial charge in [-0.2, -0.15) is 0 Å². The van der Waals surface area contributed by atoms with Gasteiger partial charge in [-0.05, 0) is 43.1 Å². The predicted octanol–water partition coefficient (Wildman–Crippen LogP) is 3.33. The third-order valence-electron chi connectivity index (χ3n) is 4.71. The first kappa shape index (κ1) is 14.4. The van der Waals surface area contributed by atoms with Gasteiger partial charge in [-0.25, -0.2) is 0 Å². The van der Waals surface area contributed by atoms with Crippen LogP contribution >= 0.6 is 0 Å². The molecule has 2 N–H and O–H groups in total. The zero-order chi connectivity index (χ0) is 14.8. The highest BCUT2D eigenvalue weighted by Crippen LogP contribution is 2.38. The highest BCUT2D eigenvalue weighted by Gasteiger charge is 2.30. The van der Waals surface area contributed by atoms with Gasteiger partial charge in [-0.3, -0.25) is 4.90 Å². The third-order valence-corrected chi connectivity index (χ3v) is 4.71. The molecule has 1 heterocycles. The van der Waals surface area contributed by atoms with Gasteiger partial charge in [0.1, 0.15) is 5.75 Å². The number of nitrogens with zero attached hydrogens (tertiary/aromatic N) is 1. The van der Waals surface area contributed by atoms with Crippen molar-refractivity contribution in [3.05, 3.63) is 42.0 Å². The molecule has 0 bridgehead atoms. The lowest BCUT2D eigenvalue weighted by Gasteiger charge is -2.32. The minimum atomic E-state index is 0.226. The van der Waals surface area contributed by atoms with Crippen LogP contribution in [0.25, 0.3) is 10.8 Å². The molecule has 2 aromatic carbocycles. The highest BCUT2D eigenvalue weighted by molar-refractivity contribution is 5.88. The van der Waals surface area contributed by atoms with Gasteiger partial charge in [0.05, 0.1) is 13.2 Å². The fourth-order valence-electron chi connectivity index (χ4n) is 3.63. The number of ether oxygens (including phenoxy) is 1. The summed E-state index contributed by atoms with van der Waals surface area (Å²) in [6, 6.07) is 13.5. The zero-order valence-corrected chi connectivity index (χ0v) is 12.9. The molecule has 0 aromatic heterocycles. The van der Waals surface area contributed by atoms with E-state index < -0.39 is 0 Å². The normalized spacial score (nSPS) is 20.8. The van der Waals surface area contributed by atoms with Crippen molar-refractivity contribution in [2.45, 2.75) is 31.8 Å². The fourth-order valence-corrected chi connectivity index (χ4v) is 3.63. The van der Waals surface area contributed by atoms with Crippen LogP contribution in [-0.2, 0) is 0 Å². The van der Waals surface area contributed by atoms with Crippen LogP contribution in [-0.4, -0.2) is 31.1 Å². The topological polar surface area (TPSA) is 38.5 Å². The molecule has 112 valence electrons. The maximum Gasteiger partial charge on any atom is 0.124 e. The SMILES string of the molecule is COc1ccc2ccccc2c1C(CN)N1CCCC1C. The summed E-state index contributed by atoms with van der Waals surface area (Å²) in [6.45, 7) is 4.04. The predicted molar refractivity (Wildman–Crippen MR) is 87.7 cm³/mol. The number of hydrogen-bond acceptors (Lipinski definition) is 3. The molecular formula is C18H24N2O. The van der Waals surface area contributed by atoms with E-state index in [9.17, 15) is 0 Å². The average molecular weight is 284 g/mol. The Morgan fingerprint density at radius 2 is 2.10 bits per heavy atom. The van der Waals surface area contributed by atoms with Gasteiger partial charge in [0.25, 0.3) is 0 Å². The van der Waals surface area contributed by atoms with Crippen LogP contribution in [0.4, 0.5) is 0 Å². The van der Waals surface area contributed by atoms with Crippen LogP contribution in [0.2, 0.25) is 0 Å². The molecule has 0 aliphatic carbocycles. The smallest absolute Gasteiger partial charge is 0.124 e. The molecule has 2 atom stereocenters. The van der Waals surface area contributed by atoms with E-state index in [0.29, 0.717) is 12.6 Å². The molecule has 0 amide bonds. The quantitative estimate of drug-likeness (QED) is 0.936. The molecule has 3 nitrogen and oxygen atoms in total. The maximum atomic E-state index is 6.16. The van der Waals surface area contributed by atoms with Crippen LogP contribution in [0.3, 0.4) is 0 Å². The monoisotopic (exact) mass is 284 g/mol. The van der Waals surface area contributed by atoms with E-state index in [-0.39, 0.29) is 6.04 Å². The van der Waals surface area contributed by atoms with Crippen molar-refractivity contribution in [1.29, 1.82) is 0 Å². The second-order valence-electron chi connectivity index (χ2n) is 5.88. The Bertz CT molecular complexity index is 626. The summed E-state index contributed by atoms with van der Waals surface area (Å²) in [4.78, 5) is 2.53. The largest absolute Gasteiger partial charge is 0.496 e. The van der Waals surface area contributed by atoms with E-state index in [2.05, 4.69) is 48.2 Å². The Labute approximate surface area is 126 Å². The van der Waals surface area contributed by atoms with Crippen LogP contribution in [0.1, 0.15) is 31.4 Å². The van der Waals surface area contributed by atoms with E-state index in [1.54, 1.807) is 7.11 Å². The van der Waals surface area contributed by atoms with Crippen molar-refractivity contribution in [3.63, 3.8) is 0 Å². The van der Waals surface area contributed by atoms with Crippen molar-refractivity contribution in [3.8, 4) is 5.75 Å². The molecule has 0 saturated carbocycles. The van der Waals surface area contributed by atoms with E-state index in [1.165, 1.54) is 29.2 Å².